The minimum Gasteiger partial charge on any atom is -0.468 e. The molecule has 0 saturated carbocycles. The van der Waals surface area contributed by atoms with Gasteiger partial charge in [-0.15, -0.1) is 0 Å². The van der Waals surface area contributed by atoms with Crippen LogP contribution < -0.4 is 4.74 Å². The molecule has 0 fully saturated rings. The van der Waals surface area contributed by atoms with Crippen LogP contribution in [0.2, 0.25) is 0 Å². The van der Waals surface area contributed by atoms with Crippen LogP contribution in [0.25, 0.3) is 0 Å². The first-order valence-corrected chi connectivity index (χ1v) is 10.4. The highest BCUT2D eigenvalue weighted by Crippen LogP contribution is 2.48. The fraction of sp³-hybridized carbons (Fsp3) is 0.400. The zero-order chi connectivity index (χ0) is 19.3. The molecule has 3 heteroatoms. The van der Waals surface area contributed by atoms with Crippen molar-refractivity contribution in [2.75, 3.05) is 0 Å². The molecule has 0 saturated heterocycles. The lowest BCUT2D eigenvalue weighted by Crippen LogP contribution is -2.41. The lowest BCUT2D eigenvalue weighted by atomic mass is 9.77. The molecule has 0 radical (unpaired) electrons. The molecule has 0 aromatic heterocycles. The van der Waals surface area contributed by atoms with Gasteiger partial charge < -0.3 is 4.74 Å². The summed E-state index contributed by atoms with van der Waals surface area (Å²) in [7, 11) is 0. The Labute approximate surface area is 167 Å². The summed E-state index contributed by atoms with van der Waals surface area (Å²) >= 11 is 0. The van der Waals surface area contributed by atoms with Crippen LogP contribution in [-0.4, -0.2) is 16.9 Å². The number of allylic oxidation sites excluding steroid dienone is 1. The second-order valence-electron chi connectivity index (χ2n) is 8.91. The van der Waals surface area contributed by atoms with E-state index in [9.17, 15) is 0 Å². The lowest BCUT2D eigenvalue weighted by molar-refractivity contribution is -0.0188. The van der Waals surface area contributed by atoms with E-state index in [2.05, 4.69) is 86.5 Å². The topological polar surface area (TPSA) is 24.8 Å². The molecule has 2 aromatic carbocycles. The molecule has 0 bridgehead atoms. The first kappa shape index (κ1) is 17.5. The highest BCUT2D eigenvalue weighted by molar-refractivity contribution is 6.01. The standard InChI is InChI=1S/C25H28N2O/c1-17-13-14-19(25(17,2)3)15-24-27-22(20-11-7-8-12-23(20)28-24)16-21(26-27)18-9-5-4-6-10-18/h4-12,14,17,22,24H,13,15-16H2,1-3H3/t17-,22-,24-/m1/s1. The van der Waals surface area contributed by atoms with Crippen molar-refractivity contribution in [3.05, 3.63) is 77.4 Å². The molecule has 0 N–H and O–H groups in total. The molecule has 144 valence electrons. The van der Waals surface area contributed by atoms with Crippen LogP contribution in [0, 0.1) is 11.3 Å². The number of benzene rings is 2. The van der Waals surface area contributed by atoms with E-state index in [1.54, 1.807) is 0 Å². The maximum Gasteiger partial charge on any atom is 0.191 e. The Morgan fingerprint density at radius 2 is 1.82 bits per heavy atom. The predicted octanol–water partition coefficient (Wildman–Crippen LogP) is 5.94. The fourth-order valence-electron chi connectivity index (χ4n) is 4.78. The van der Waals surface area contributed by atoms with Gasteiger partial charge in [-0.1, -0.05) is 81.0 Å². The highest BCUT2D eigenvalue weighted by atomic mass is 16.5. The van der Waals surface area contributed by atoms with Gasteiger partial charge in [0.15, 0.2) is 6.23 Å². The van der Waals surface area contributed by atoms with Gasteiger partial charge in [-0.3, -0.25) is 0 Å². The molecular weight excluding hydrogens is 344 g/mol. The van der Waals surface area contributed by atoms with Gasteiger partial charge in [-0.05, 0) is 29.4 Å². The van der Waals surface area contributed by atoms with Gasteiger partial charge in [0.25, 0.3) is 0 Å². The molecule has 0 unspecified atom stereocenters. The zero-order valence-corrected chi connectivity index (χ0v) is 16.9. The van der Waals surface area contributed by atoms with Crippen molar-refractivity contribution in [2.24, 2.45) is 16.4 Å². The quantitative estimate of drug-likeness (QED) is 0.623. The van der Waals surface area contributed by atoms with Crippen LogP contribution >= 0.6 is 0 Å². The largest absolute Gasteiger partial charge is 0.468 e. The molecule has 1 aliphatic carbocycles. The normalized spacial score (nSPS) is 27.5. The number of fused-ring (bicyclic) bond motifs is 3. The number of ether oxygens (including phenoxy) is 1. The summed E-state index contributed by atoms with van der Waals surface area (Å²) in [6, 6.07) is 19.3. The number of para-hydroxylation sites is 1. The van der Waals surface area contributed by atoms with Crippen molar-refractivity contribution in [3.8, 4) is 5.75 Å². The van der Waals surface area contributed by atoms with E-state index >= 15 is 0 Å². The van der Waals surface area contributed by atoms with Gasteiger partial charge in [0.05, 0.1) is 11.8 Å². The average Bonchev–Trinajstić information content (AvgIpc) is 3.26. The smallest absolute Gasteiger partial charge is 0.191 e. The summed E-state index contributed by atoms with van der Waals surface area (Å²) in [5.41, 5.74) is 5.35. The third-order valence-corrected chi connectivity index (χ3v) is 7.06. The van der Waals surface area contributed by atoms with Gasteiger partial charge >= 0.3 is 0 Å². The van der Waals surface area contributed by atoms with E-state index in [4.69, 9.17) is 9.84 Å². The van der Waals surface area contributed by atoms with Crippen LogP contribution in [0.1, 0.15) is 57.2 Å². The van der Waals surface area contributed by atoms with Crippen molar-refractivity contribution in [1.29, 1.82) is 0 Å². The van der Waals surface area contributed by atoms with E-state index in [0.717, 1.165) is 30.7 Å². The molecular formula is C25H28N2O. The molecule has 2 aromatic rings. The van der Waals surface area contributed by atoms with Crippen LogP contribution in [0.3, 0.4) is 0 Å². The fourth-order valence-corrected chi connectivity index (χ4v) is 4.78. The Kier molecular flexibility index (Phi) is 4.08. The Morgan fingerprint density at radius 3 is 2.57 bits per heavy atom. The first-order valence-electron chi connectivity index (χ1n) is 10.4. The van der Waals surface area contributed by atoms with Crippen LogP contribution in [-0.2, 0) is 0 Å². The van der Waals surface area contributed by atoms with Gasteiger partial charge in [0.1, 0.15) is 5.75 Å². The summed E-state index contributed by atoms with van der Waals surface area (Å²) in [6.07, 6.45) is 5.39. The Hall–Kier alpha value is -2.55. The molecule has 0 amide bonds. The number of hydrazone groups is 1. The highest BCUT2D eigenvalue weighted by Gasteiger charge is 2.43. The van der Waals surface area contributed by atoms with E-state index in [1.807, 2.05) is 0 Å². The van der Waals surface area contributed by atoms with Gasteiger partial charge in [0.2, 0.25) is 0 Å². The third-order valence-electron chi connectivity index (χ3n) is 7.06. The number of nitrogens with zero attached hydrogens (tertiary/aromatic N) is 2. The van der Waals surface area contributed by atoms with Crippen LogP contribution in [0.5, 0.6) is 5.75 Å². The zero-order valence-electron chi connectivity index (χ0n) is 16.9. The molecule has 5 rings (SSSR count). The first-order chi connectivity index (χ1) is 13.5. The van der Waals surface area contributed by atoms with Crippen molar-refractivity contribution >= 4 is 5.71 Å². The Morgan fingerprint density at radius 1 is 1.07 bits per heavy atom. The summed E-state index contributed by atoms with van der Waals surface area (Å²) in [5.74, 6) is 1.69. The molecule has 2 aliphatic heterocycles. The molecule has 3 atom stereocenters. The van der Waals surface area contributed by atoms with E-state index in [1.165, 1.54) is 16.7 Å². The van der Waals surface area contributed by atoms with Crippen LogP contribution in [0.15, 0.2) is 71.3 Å². The molecule has 2 heterocycles. The maximum absolute atomic E-state index is 6.50. The summed E-state index contributed by atoms with van der Waals surface area (Å²) in [6.45, 7) is 7.09. The van der Waals surface area contributed by atoms with Gasteiger partial charge in [-0.25, -0.2) is 5.01 Å². The van der Waals surface area contributed by atoms with E-state index < -0.39 is 0 Å². The molecule has 3 nitrogen and oxygen atoms in total. The number of hydrogen-bond donors (Lipinski definition) is 0. The monoisotopic (exact) mass is 372 g/mol. The Bertz CT molecular complexity index is 944. The van der Waals surface area contributed by atoms with Crippen molar-refractivity contribution in [1.82, 2.24) is 5.01 Å². The predicted molar refractivity (Wildman–Crippen MR) is 113 cm³/mol. The van der Waals surface area contributed by atoms with Gasteiger partial charge in [-0.2, -0.15) is 5.10 Å². The summed E-state index contributed by atoms with van der Waals surface area (Å²) in [4.78, 5) is 0. The van der Waals surface area contributed by atoms with Crippen molar-refractivity contribution in [3.63, 3.8) is 0 Å². The van der Waals surface area contributed by atoms with Crippen molar-refractivity contribution < 1.29 is 4.74 Å². The molecule has 3 aliphatic rings. The Balaban J connectivity index is 1.50. The lowest BCUT2D eigenvalue weighted by Gasteiger charge is -2.40. The minimum absolute atomic E-state index is 0.0445. The van der Waals surface area contributed by atoms with E-state index in [0.29, 0.717) is 5.92 Å². The second kappa shape index (κ2) is 6.51. The second-order valence-corrected chi connectivity index (χ2v) is 8.91. The summed E-state index contributed by atoms with van der Waals surface area (Å²) in [5, 5.41) is 7.29. The average molecular weight is 373 g/mol. The SMILES string of the molecule is C[C@@H]1CC=C(C[C@H]2Oc3ccccc3[C@H]3CC(c4ccccc4)=NN32)C1(C)C. The number of hydrogen-bond acceptors (Lipinski definition) is 3. The van der Waals surface area contributed by atoms with E-state index in [-0.39, 0.29) is 17.7 Å². The number of rotatable bonds is 3. The van der Waals surface area contributed by atoms with Gasteiger partial charge in [0, 0.05) is 18.4 Å². The summed E-state index contributed by atoms with van der Waals surface area (Å²) < 4.78 is 6.50. The maximum atomic E-state index is 6.50. The van der Waals surface area contributed by atoms with Crippen molar-refractivity contribution in [2.45, 2.75) is 52.3 Å². The van der Waals surface area contributed by atoms with Crippen LogP contribution in [0.4, 0.5) is 0 Å². The third kappa shape index (κ3) is 2.76. The molecule has 28 heavy (non-hydrogen) atoms. The minimum atomic E-state index is -0.0445. The molecule has 0 spiro atoms.